The first-order chi connectivity index (χ1) is 11.4. The van der Waals surface area contributed by atoms with Gasteiger partial charge in [0.15, 0.2) is 23.5 Å². The summed E-state index contributed by atoms with van der Waals surface area (Å²) in [6.45, 7) is 0. The summed E-state index contributed by atoms with van der Waals surface area (Å²) < 4.78 is 0. The fourth-order valence-electron chi connectivity index (χ4n) is 2.62. The second kappa shape index (κ2) is 7.85. The van der Waals surface area contributed by atoms with Crippen molar-refractivity contribution in [1.29, 1.82) is 10.8 Å². The fraction of sp³-hybridized carbons (Fsp3) is 0. The van der Waals surface area contributed by atoms with Crippen LogP contribution in [-0.2, 0) is 0 Å². The molecule has 0 atom stereocenters. The van der Waals surface area contributed by atoms with E-state index in [1.165, 1.54) is 24.3 Å². The number of rotatable bonds is 2. The lowest BCUT2D eigenvalue weighted by atomic mass is 9.83. The van der Waals surface area contributed by atoms with Crippen LogP contribution in [0.25, 0.3) is 0 Å². The molecule has 10 heteroatoms. The molecule has 0 fully saturated rings. The molecule has 8 nitrogen and oxygen atoms in total. The molecule has 8 N–H and O–H groups in total. The third-order valence-electron chi connectivity index (χ3n) is 3.58. The molecule has 26 heavy (non-hydrogen) atoms. The summed E-state index contributed by atoms with van der Waals surface area (Å²) in [6, 6.07) is 9.22. The van der Waals surface area contributed by atoms with Crippen LogP contribution in [0.2, 0.25) is 0 Å². The highest BCUT2D eigenvalue weighted by Crippen LogP contribution is 2.30. The predicted octanol–water partition coefficient (Wildman–Crippen LogP) is 1.92. The molecule has 1 aliphatic rings. The van der Waals surface area contributed by atoms with Crippen LogP contribution < -0.4 is 22.1 Å². The lowest BCUT2D eigenvalue weighted by molar-refractivity contribution is 0.0979. The van der Waals surface area contributed by atoms with Crippen LogP contribution in [0, 0.1) is 10.8 Å². The SMILES string of the molecule is Cl.Cl.N=C(N)Nc1ccc2c(c1)C(=O)c1cc(NC(=N)N)ccc1C2=O. The summed E-state index contributed by atoms with van der Waals surface area (Å²) in [5.74, 6) is -1.11. The minimum atomic E-state index is -0.320. The number of carbonyl (C=O) groups is 2. The maximum Gasteiger partial charge on any atom is 0.194 e. The number of fused-ring (bicyclic) bond motifs is 2. The van der Waals surface area contributed by atoms with Gasteiger partial charge in [-0.1, -0.05) is 0 Å². The monoisotopic (exact) mass is 394 g/mol. The lowest BCUT2D eigenvalue weighted by Crippen LogP contribution is -2.24. The van der Waals surface area contributed by atoms with Crippen molar-refractivity contribution in [3.05, 3.63) is 58.7 Å². The molecule has 0 saturated carbocycles. The summed E-state index contributed by atoms with van der Waals surface area (Å²) >= 11 is 0. The lowest BCUT2D eigenvalue weighted by Gasteiger charge is -2.19. The Labute approximate surface area is 161 Å². The summed E-state index contributed by atoms with van der Waals surface area (Å²) in [4.78, 5) is 25.3. The zero-order valence-corrected chi connectivity index (χ0v) is 14.9. The summed E-state index contributed by atoms with van der Waals surface area (Å²) in [5, 5.41) is 19.7. The van der Waals surface area contributed by atoms with E-state index < -0.39 is 0 Å². The standard InChI is InChI=1S/C16H14N6O2.2ClH/c17-15(18)21-7-1-3-9-11(5-7)14(24)12-6-8(22-16(19)20)2-4-10(12)13(9)23;;/h1-6H,(H4,17,18,21)(H4,19,20,22);2*1H. The molecule has 0 bridgehead atoms. The number of benzene rings is 2. The summed E-state index contributed by atoms with van der Waals surface area (Å²) in [6.07, 6.45) is 0. The first-order valence-corrected chi connectivity index (χ1v) is 6.96. The zero-order valence-electron chi connectivity index (χ0n) is 13.3. The van der Waals surface area contributed by atoms with Crippen LogP contribution in [0.3, 0.4) is 0 Å². The Morgan fingerprint density at radius 2 is 1.04 bits per heavy atom. The molecule has 0 spiro atoms. The Hall–Kier alpha value is -3.10. The number of halogens is 2. The molecule has 1 aliphatic carbocycles. The van der Waals surface area contributed by atoms with Gasteiger partial charge in [-0.05, 0) is 36.4 Å². The molecule has 0 saturated heterocycles. The van der Waals surface area contributed by atoms with Crippen LogP contribution in [0.5, 0.6) is 0 Å². The van der Waals surface area contributed by atoms with E-state index in [0.717, 1.165) is 0 Å². The molecular weight excluding hydrogens is 379 g/mol. The first-order valence-electron chi connectivity index (χ1n) is 6.96. The van der Waals surface area contributed by atoms with E-state index in [1.807, 2.05) is 0 Å². The van der Waals surface area contributed by atoms with Gasteiger partial charge in [0.2, 0.25) is 0 Å². The predicted molar refractivity (Wildman–Crippen MR) is 105 cm³/mol. The Bertz CT molecular complexity index is 857. The number of nitrogens with two attached hydrogens (primary N) is 2. The van der Waals surface area contributed by atoms with Gasteiger partial charge < -0.3 is 22.1 Å². The number of hydrogen-bond acceptors (Lipinski definition) is 4. The quantitative estimate of drug-likeness (QED) is 0.287. The second-order valence-electron chi connectivity index (χ2n) is 5.26. The molecule has 2 aromatic carbocycles. The van der Waals surface area contributed by atoms with Gasteiger partial charge >= 0.3 is 0 Å². The third kappa shape index (κ3) is 3.76. The molecule has 0 aliphatic heterocycles. The largest absolute Gasteiger partial charge is 0.370 e. The van der Waals surface area contributed by atoms with Crippen LogP contribution in [0.1, 0.15) is 31.8 Å². The van der Waals surface area contributed by atoms with E-state index in [2.05, 4.69) is 10.6 Å². The Morgan fingerprint density at radius 3 is 1.38 bits per heavy atom. The van der Waals surface area contributed by atoms with Crippen molar-refractivity contribution in [3.8, 4) is 0 Å². The molecule has 2 aromatic rings. The maximum absolute atomic E-state index is 12.8. The minimum Gasteiger partial charge on any atom is -0.370 e. The molecule has 0 heterocycles. The Morgan fingerprint density at radius 1 is 0.692 bits per heavy atom. The van der Waals surface area contributed by atoms with E-state index in [9.17, 15) is 9.59 Å². The van der Waals surface area contributed by atoms with Gasteiger partial charge in [-0.2, -0.15) is 0 Å². The van der Waals surface area contributed by atoms with Crippen LogP contribution >= 0.6 is 24.8 Å². The molecular formula is C16H16Cl2N6O2. The molecule has 136 valence electrons. The molecule has 0 aromatic heterocycles. The third-order valence-corrected chi connectivity index (χ3v) is 3.58. The van der Waals surface area contributed by atoms with Gasteiger partial charge in [0.1, 0.15) is 0 Å². The average molecular weight is 395 g/mol. The van der Waals surface area contributed by atoms with E-state index >= 15 is 0 Å². The van der Waals surface area contributed by atoms with Gasteiger partial charge in [-0.25, -0.2) is 0 Å². The van der Waals surface area contributed by atoms with Crippen molar-refractivity contribution < 1.29 is 9.59 Å². The first kappa shape index (κ1) is 20.9. The Balaban J connectivity index is 0.00000169. The van der Waals surface area contributed by atoms with Crippen molar-refractivity contribution >= 4 is 59.7 Å². The number of ketones is 2. The van der Waals surface area contributed by atoms with Gasteiger partial charge in [0.25, 0.3) is 0 Å². The number of anilines is 2. The second-order valence-corrected chi connectivity index (χ2v) is 5.26. The number of carbonyl (C=O) groups excluding carboxylic acids is 2. The Kier molecular flexibility index (Phi) is 6.33. The van der Waals surface area contributed by atoms with Crippen molar-refractivity contribution in [1.82, 2.24) is 0 Å². The van der Waals surface area contributed by atoms with E-state index in [1.54, 1.807) is 12.1 Å². The maximum atomic E-state index is 12.8. The van der Waals surface area contributed by atoms with Crippen molar-refractivity contribution in [2.45, 2.75) is 0 Å². The highest BCUT2D eigenvalue weighted by atomic mass is 35.5. The number of hydrogen-bond donors (Lipinski definition) is 6. The summed E-state index contributed by atoms with van der Waals surface area (Å²) in [7, 11) is 0. The average Bonchev–Trinajstić information content (AvgIpc) is 2.51. The van der Waals surface area contributed by atoms with Gasteiger partial charge in [0.05, 0.1) is 0 Å². The minimum absolute atomic E-state index is 0. The highest BCUT2D eigenvalue weighted by Gasteiger charge is 2.30. The smallest absolute Gasteiger partial charge is 0.194 e. The molecule has 0 amide bonds. The number of guanidine groups is 2. The van der Waals surface area contributed by atoms with Crippen LogP contribution in [0.15, 0.2) is 36.4 Å². The van der Waals surface area contributed by atoms with E-state index in [0.29, 0.717) is 22.5 Å². The normalized spacial score (nSPS) is 11.2. The molecule has 0 unspecified atom stereocenters. The molecule has 3 rings (SSSR count). The van der Waals surface area contributed by atoms with Crippen molar-refractivity contribution in [2.24, 2.45) is 11.5 Å². The van der Waals surface area contributed by atoms with Gasteiger partial charge in [0, 0.05) is 33.6 Å². The van der Waals surface area contributed by atoms with Crippen LogP contribution in [-0.4, -0.2) is 23.5 Å². The zero-order chi connectivity index (χ0) is 17.4. The van der Waals surface area contributed by atoms with Crippen molar-refractivity contribution in [2.75, 3.05) is 10.6 Å². The van der Waals surface area contributed by atoms with E-state index in [4.69, 9.17) is 22.3 Å². The van der Waals surface area contributed by atoms with Crippen molar-refractivity contribution in [3.63, 3.8) is 0 Å². The van der Waals surface area contributed by atoms with E-state index in [-0.39, 0.29) is 59.4 Å². The topological polar surface area (TPSA) is 158 Å². The fourth-order valence-corrected chi connectivity index (χ4v) is 2.62. The van der Waals surface area contributed by atoms with Crippen LogP contribution in [0.4, 0.5) is 11.4 Å². The number of nitrogens with one attached hydrogen (secondary N) is 4. The molecule has 0 radical (unpaired) electrons. The highest BCUT2D eigenvalue weighted by molar-refractivity contribution is 6.29. The summed E-state index contributed by atoms with van der Waals surface area (Å²) in [5.41, 5.74) is 12.5. The van der Waals surface area contributed by atoms with Gasteiger partial charge in [-0.15, -0.1) is 24.8 Å². The van der Waals surface area contributed by atoms with Gasteiger partial charge in [-0.3, -0.25) is 20.4 Å².